The summed E-state index contributed by atoms with van der Waals surface area (Å²) in [5, 5.41) is 6.01. The van der Waals surface area contributed by atoms with Gasteiger partial charge in [0.1, 0.15) is 5.82 Å². The molecule has 0 aliphatic carbocycles. The second kappa shape index (κ2) is 8.00. The molecule has 0 fully saturated rings. The number of fused-ring (bicyclic) bond motifs is 1. The maximum Gasteiger partial charge on any atom is 0.280 e. The molecule has 0 unspecified atom stereocenters. The maximum absolute atomic E-state index is 13.5. The van der Waals surface area contributed by atoms with Crippen molar-refractivity contribution in [2.75, 3.05) is 5.01 Å². The van der Waals surface area contributed by atoms with Gasteiger partial charge < -0.3 is 0 Å². The highest BCUT2D eigenvalue weighted by Crippen LogP contribution is 2.30. The van der Waals surface area contributed by atoms with E-state index >= 15 is 0 Å². The van der Waals surface area contributed by atoms with E-state index < -0.39 is 0 Å². The van der Waals surface area contributed by atoms with Gasteiger partial charge in [-0.15, -0.1) is 0 Å². The zero-order valence-corrected chi connectivity index (χ0v) is 16.8. The van der Waals surface area contributed by atoms with Gasteiger partial charge >= 0.3 is 0 Å². The first-order valence-electron chi connectivity index (χ1n) is 8.35. The minimum absolute atomic E-state index is 0.312. The largest absolute Gasteiger partial charge is 0.280 e. The molecule has 3 aromatic carbocycles. The molecule has 0 spiro atoms. The summed E-state index contributed by atoms with van der Waals surface area (Å²) in [5.41, 5.74) is 1.94. The van der Waals surface area contributed by atoms with Crippen LogP contribution >= 0.6 is 27.3 Å². The third-order valence-corrected chi connectivity index (χ3v) is 5.45. The van der Waals surface area contributed by atoms with Crippen molar-refractivity contribution in [2.24, 2.45) is 5.10 Å². The molecule has 28 heavy (non-hydrogen) atoms. The number of anilines is 1. The fraction of sp³-hybridized carbons (Fsp3) is 0. The Morgan fingerprint density at radius 3 is 2.57 bits per heavy atom. The molecule has 0 N–H and O–H groups in total. The van der Waals surface area contributed by atoms with Crippen LogP contribution in [-0.4, -0.2) is 17.1 Å². The van der Waals surface area contributed by atoms with Crippen molar-refractivity contribution in [3.63, 3.8) is 0 Å². The number of carbonyl (C=O) groups excluding carboxylic acids is 1. The molecule has 0 radical (unpaired) electrons. The lowest BCUT2D eigenvalue weighted by atomic mass is 10.2. The van der Waals surface area contributed by atoms with E-state index in [1.165, 1.54) is 28.5 Å². The van der Waals surface area contributed by atoms with Gasteiger partial charge in [0.05, 0.1) is 16.4 Å². The SMILES string of the molecule is O=C(c1ccccc1)N(/N=C/c1ccc(Br)cc1)c1nc2ccc(F)cc2s1. The van der Waals surface area contributed by atoms with Gasteiger partial charge in [0, 0.05) is 10.0 Å². The van der Waals surface area contributed by atoms with Gasteiger partial charge in [-0.2, -0.15) is 10.1 Å². The normalized spacial score (nSPS) is 11.2. The number of rotatable bonds is 4. The van der Waals surface area contributed by atoms with Crippen LogP contribution in [0.3, 0.4) is 0 Å². The van der Waals surface area contributed by atoms with Gasteiger partial charge in [-0.3, -0.25) is 4.79 Å². The summed E-state index contributed by atoms with van der Waals surface area (Å²) < 4.78 is 15.1. The number of amides is 1. The zero-order chi connectivity index (χ0) is 19.5. The summed E-state index contributed by atoms with van der Waals surface area (Å²) in [6.07, 6.45) is 1.60. The number of aromatic nitrogens is 1. The molecule has 1 heterocycles. The van der Waals surface area contributed by atoms with Gasteiger partial charge in [-0.1, -0.05) is 57.6 Å². The average Bonchev–Trinajstić information content (AvgIpc) is 3.13. The summed E-state index contributed by atoms with van der Waals surface area (Å²) in [7, 11) is 0. The predicted molar refractivity (Wildman–Crippen MR) is 115 cm³/mol. The van der Waals surface area contributed by atoms with E-state index in [2.05, 4.69) is 26.0 Å². The summed E-state index contributed by atoms with van der Waals surface area (Å²) in [6.45, 7) is 0. The molecule has 0 aliphatic heterocycles. The van der Waals surface area contributed by atoms with Crippen LogP contribution in [0.2, 0.25) is 0 Å². The monoisotopic (exact) mass is 453 g/mol. The second-order valence-electron chi connectivity index (χ2n) is 5.89. The molecule has 0 saturated carbocycles. The third-order valence-electron chi connectivity index (χ3n) is 3.93. The lowest BCUT2D eigenvalue weighted by Gasteiger charge is -2.13. The van der Waals surface area contributed by atoms with Crippen molar-refractivity contribution in [1.29, 1.82) is 0 Å². The van der Waals surface area contributed by atoms with E-state index in [1.54, 1.807) is 36.5 Å². The highest BCUT2D eigenvalue weighted by molar-refractivity contribution is 9.10. The standard InChI is InChI=1S/C21H13BrFN3OS/c22-16-8-6-14(7-9-16)13-24-26(20(27)15-4-2-1-3-5-15)21-25-18-11-10-17(23)12-19(18)28-21/h1-13H/b24-13+. The minimum Gasteiger partial charge on any atom is -0.267 e. The van der Waals surface area contributed by atoms with Crippen molar-refractivity contribution < 1.29 is 9.18 Å². The first-order chi connectivity index (χ1) is 13.6. The predicted octanol–water partition coefficient (Wildman–Crippen LogP) is 5.88. The molecule has 4 nitrogen and oxygen atoms in total. The molecule has 138 valence electrons. The lowest BCUT2D eigenvalue weighted by molar-refractivity contribution is 0.0988. The molecule has 0 bridgehead atoms. The molecule has 0 atom stereocenters. The molecule has 0 aliphatic rings. The van der Waals surface area contributed by atoms with Crippen LogP contribution in [0.15, 0.2) is 82.4 Å². The first kappa shape index (κ1) is 18.5. The first-order valence-corrected chi connectivity index (χ1v) is 9.96. The van der Waals surface area contributed by atoms with E-state index in [1.807, 2.05) is 30.3 Å². The van der Waals surface area contributed by atoms with Crippen LogP contribution in [0, 0.1) is 5.82 Å². The quantitative estimate of drug-likeness (QED) is 0.286. The minimum atomic E-state index is -0.345. The topological polar surface area (TPSA) is 45.6 Å². The summed E-state index contributed by atoms with van der Waals surface area (Å²) in [5.74, 6) is -0.657. The van der Waals surface area contributed by atoms with Crippen LogP contribution < -0.4 is 5.01 Å². The number of nitrogens with zero attached hydrogens (tertiary/aromatic N) is 3. The van der Waals surface area contributed by atoms with Crippen LogP contribution in [-0.2, 0) is 0 Å². The van der Waals surface area contributed by atoms with Crippen molar-refractivity contribution >= 4 is 54.7 Å². The van der Waals surface area contributed by atoms with Crippen LogP contribution in [0.5, 0.6) is 0 Å². The maximum atomic E-state index is 13.5. The van der Waals surface area contributed by atoms with E-state index in [9.17, 15) is 9.18 Å². The highest BCUT2D eigenvalue weighted by atomic mass is 79.9. The Balaban J connectivity index is 1.75. The second-order valence-corrected chi connectivity index (χ2v) is 7.81. The molecule has 1 amide bonds. The number of hydrogen-bond acceptors (Lipinski definition) is 4. The Morgan fingerprint density at radius 1 is 1.07 bits per heavy atom. The van der Waals surface area contributed by atoms with Crippen molar-refractivity contribution in [3.05, 3.63) is 94.2 Å². The summed E-state index contributed by atoms with van der Waals surface area (Å²) >= 11 is 4.61. The van der Waals surface area contributed by atoms with E-state index in [4.69, 9.17) is 0 Å². The molecular weight excluding hydrogens is 441 g/mol. The van der Waals surface area contributed by atoms with Gasteiger partial charge in [0.25, 0.3) is 5.91 Å². The van der Waals surface area contributed by atoms with Gasteiger partial charge in [-0.05, 0) is 48.0 Å². The Hall–Kier alpha value is -2.90. The average molecular weight is 454 g/mol. The fourth-order valence-corrected chi connectivity index (χ4v) is 3.75. The van der Waals surface area contributed by atoms with E-state index in [0.29, 0.717) is 20.9 Å². The van der Waals surface area contributed by atoms with E-state index in [-0.39, 0.29) is 11.7 Å². The number of thiazole rings is 1. The third kappa shape index (κ3) is 4.00. The lowest BCUT2D eigenvalue weighted by Crippen LogP contribution is -2.25. The molecular formula is C21H13BrFN3OS. The van der Waals surface area contributed by atoms with Crippen molar-refractivity contribution in [1.82, 2.24) is 4.98 Å². The Labute approximate surface area is 173 Å². The smallest absolute Gasteiger partial charge is 0.267 e. The Morgan fingerprint density at radius 2 is 1.82 bits per heavy atom. The van der Waals surface area contributed by atoms with Crippen molar-refractivity contribution in [3.8, 4) is 0 Å². The Kier molecular flexibility index (Phi) is 5.27. The molecule has 1 aromatic heterocycles. The van der Waals surface area contributed by atoms with E-state index in [0.717, 1.165) is 10.0 Å². The highest BCUT2D eigenvalue weighted by Gasteiger charge is 2.21. The number of hydrogen-bond donors (Lipinski definition) is 0. The molecule has 0 saturated heterocycles. The summed E-state index contributed by atoms with van der Waals surface area (Å²) in [6, 6.07) is 20.8. The van der Waals surface area contributed by atoms with Crippen molar-refractivity contribution in [2.45, 2.75) is 0 Å². The fourth-order valence-electron chi connectivity index (χ4n) is 2.54. The number of hydrazone groups is 1. The van der Waals surface area contributed by atoms with Crippen LogP contribution in [0.25, 0.3) is 10.2 Å². The van der Waals surface area contributed by atoms with Gasteiger partial charge in [0.2, 0.25) is 5.13 Å². The molecule has 7 heteroatoms. The number of benzene rings is 3. The summed E-state index contributed by atoms with van der Waals surface area (Å²) in [4.78, 5) is 17.5. The number of carbonyl (C=O) groups is 1. The molecule has 4 aromatic rings. The number of halogens is 2. The van der Waals surface area contributed by atoms with Crippen LogP contribution in [0.4, 0.5) is 9.52 Å². The molecule has 4 rings (SSSR count). The zero-order valence-electron chi connectivity index (χ0n) is 14.4. The van der Waals surface area contributed by atoms with Gasteiger partial charge in [-0.25, -0.2) is 9.37 Å². The van der Waals surface area contributed by atoms with Crippen LogP contribution in [0.1, 0.15) is 15.9 Å². The Bertz CT molecular complexity index is 1160. The van der Waals surface area contributed by atoms with Gasteiger partial charge in [0.15, 0.2) is 0 Å².